The number of aliphatic hydroxyl groups excluding tert-OH is 1. The number of aliphatic hydroxyl groups is 1. The number of nitrogens with zero attached hydrogens (tertiary/aromatic N) is 1. The molecule has 1 atom stereocenters. The molecule has 1 aliphatic heterocycles. The van der Waals surface area contributed by atoms with E-state index in [4.69, 9.17) is 9.47 Å². The summed E-state index contributed by atoms with van der Waals surface area (Å²) in [5.74, 6) is -2.71. The molecule has 3 aromatic rings. The van der Waals surface area contributed by atoms with E-state index in [9.17, 15) is 24.2 Å². The number of phenolic OH excluding ortho intramolecular Hbond substituents is 1. The Morgan fingerprint density at radius 2 is 1.58 bits per heavy atom. The van der Waals surface area contributed by atoms with Crippen LogP contribution < -0.4 is 14.4 Å². The van der Waals surface area contributed by atoms with E-state index in [1.54, 1.807) is 30.3 Å². The Balaban J connectivity index is 2.03. The van der Waals surface area contributed by atoms with Crippen LogP contribution in [0.2, 0.25) is 0 Å². The second-order valence-corrected chi connectivity index (χ2v) is 7.28. The van der Waals surface area contributed by atoms with Crippen LogP contribution in [-0.4, -0.2) is 36.1 Å². The third kappa shape index (κ3) is 3.76. The Kier molecular flexibility index (Phi) is 5.74. The standard InChI is InChI=1S/C25H20FNO6/c1-32-18-10-5-11-19(33-2)20(18)23(29)21-22(14-6-3-9-17(28)12-14)27(25(31)24(21)30)16-8-4-7-15(26)13-16/h3-13,22,28-29H,1-2H3/b23-21+. The molecule has 4 rings (SSSR count). The van der Waals surface area contributed by atoms with Crippen molar-refractivity contribution in [2.45, 2.75) is 6.04 Å². The molecule has 3 aromatic carbocycles. The van der Waals surface area contributed by atoms with Gasteiger partial charge in [-0.15, -0.1) is 0 Å². The van der Waals surface area contributed by atoms with Crippen molar-refractivity contribution < 1.29 is 33.7 Å². The third-order valence-corrected chi connectivity index (χ3v) is 5.38. The average Bonchev–Trinajstić information content (AvgIpc) is 3.08. The highest BCUT2D eigenvalue weighted by molar-refractivity contribution is 6.51. The predicted molar refractivity (Wildman–Crippen MR) is 119 cm³/mol. The maximum Gasteiger partial charge on any atom is 0.300 e. The van der Waals surface area contributed by atoms with E-state index in [0.29, 0.717) is 5.56 Å². The minimum Gasteiger partial charge on any atom is -0.508 e. The molecule has 168 valence electrons. The number of anilines is 1. The largest absolute Gasteiger partial charge is 0.508 e. The van der Waals surface area contributed by atoms with Gasteiger partial charge >= 0.3 is 0 Å². The first kappa shape index (κ1) is 21.9. The van der Waals surface area contributed by atoms with Crippen molar-refractivity contribution in [3.8, 4) is 17.2 Å². The minimum absolute atomic E-state index is 0.0879. The van der Waals surface area contributed by atoms with E-state index in [1.165, 1.54) is 44.6 Å². The van der Waals surface area contributed by atoms with Gasteiger partial charge in [-0.05, 0) is 48.0 Å². The molecule has 1 aliphatic rings. The summed E-state index contributed by atoms with van der Waals surface area (Å²) < 4.78 is 24.7. The fourth-order valence-electron chi connectivity index (χ4n) is 3.95. The van der Waals surface area contributed by atoms with E-state index < -0.39 is 29.3 Å². The van der Waals surface area contributed by atoms with Crippen molar-refractivity contribution >= 4 is 23.1 Å². The molecule has 7 nitrogen and oxygen atoms in total. The lowest BCUT2D eigenvalue weighted by Gasteiger charge is -2.26. The Morgan fingerprint density at radius 1 is 0.939 bits per heavy atom. The molecule has 1 amide bonds. The Hall–Kier alpha value is -4.33. The Labute approximate surface area is 188 Å². The van der Waals surface area contributed by atoms with Gasteiger partial charge in [0, 0.05) is 5.69 Å². The maximum atomic E-state index is 14.0. The first-order valence-electron chi connectivity index (χ1n) is 9.94. The van der Waals surface area contributed by atoms with Gasteiger partial charge in [0.15, 0.2) is 0 Å². The average molecular weight is 449 g/mol. The maximum absolute atomic E-state index is 14.0. The van der Waals surface area contributed by atoms with E-state index in [1.807, 2.05) is 0 Å². The van der Waals surface area contributed by atoms with Crippen molar-refractivity contribution in [3.05, 3.63) is 89.2 Å². The number of Topliss-reactive ketones (excluding diaryl/α,β-unsaturated/α-hetero) is 1. The van der Waals surface area contributed by atoms with Gasteiger partial charge in [0.2, 0.25) is 0 Å². The smallest absolute Gasteiger partial charge is 0.300 e. The normalized spacial score (nSPS) is 17.3. The van der Waals surface area contributed by atoms with Crippen LogP contribution in [0.3, 0.4) is 0 Å². The number of aromatic hydroxyl groups is 1. The number of hydrogen-bond acceptors (Lipinski definition) is 6. The minimum atomic E-state index is -1.14. The van der Waals surface area contributed by atoms with Crippen LogP contribution >= 0.6 is 0 Å². The summed E-state index contributed by atoms with van der Waals surface area (Å²) in [6, 6.07) is 14.8. The summed E-state index contributed by atoms with van der Waals surface area (Å²) in [6.07, 6.45) is 0. The summed E-state index contributed by atoms with van der Waals surface area (Å²) in [5.41, 5.74) is 0.299. The van der Waals surface area contributed by atoms with Gasteiger partial charge in [-0.2, -0.15) is 0 Å². The van der Waals surface area contributed by atoms with Crippen molar-refractivity contribution in [2.75, 3.05) is 19.1 Å². The summed E-state index contributed by atoms with van der Waals surface area (Å²) in [4.78, 5) is 27.4. The van der Waals surface area contributed by atoms with Crippen molar-refractivity contribution in [2.24, 2.45) is 0 Å². The lowest BCUT2D eigenvalue weighted by molar-refractivity contribution is -0.132. The number of methoxy groups -OCH3 is 2. The number of hydrogen-bond donors (Lipinski definition) is 2. The fraction of sp³-hybridized carbons (Fsp3) is 0.120. The van der Waals surface area contributed by atoms with E-state index >= 15 is 0 Å². The molecule has 0 radical (unpaired) electrons. The summed E-state index contributed by atoms with van der Waals surface area (Å²) >= 11 is 0. The first-order valence-corrected chi connectivity index (χ1v) is 9.94. The van der Waals surface area contributed by atoms with Crippen LogP contribution in [-0.2, 0) is 9.59 Å². The molecule has 0 saturated carbocycles. The lowest BCUT2D eigenvalue weighted by atomic mass is 9.94. The zero-order chi connectivity index (χ0) is 23.7. The molecule has 2 N–H and O–H groups in total. The number of rotatable bonds is 5. The van der Waals surface area contributed by atoms with Gasteiger partial charge < -0.3 is 19.7 Å². The van der Waals surface area contributed by atoms with Crippen LogP contribution in [0.4, 0.5) is 10.1 Å². The van der Waals surface area contributed by atoms with Crippen LogP contribution in [0.25, 0.3) is 5.76 Å². The van der Waals surface area contributed by atoms with Gasteiger partial charge in [0.25, 0.3) is 11.7 Å². The monoisotopic (exact) mass is 449 g/mol. The molecule has 1 unspecified atom stereocenters. The molecule has 1 saturated heterocycles. The van der Waals surface area contributed by atoms with Gasteiger partial charge in [-0.25, -0.2) is 4.39 Å². The van der Waals surface area contributed by atoms with Crippen molar-refractivity contribution in [1.29, 1.82) is 0 Å². The number of phenols is 1. The zero-order valence-corrected chi connectivity index (χ0v) is 17.8. The fourth-order valence-corrected chi connectivity index (χ4v) is 3.95. The van der Waals surface area contributed by atoms with E-state index in [2.05, 4.69) is 0 Å². The highest BCUT2D eigenvalue weighted by Crippen LogP contribution is 2.45. The molecule has 8 heteroatoms. The summed E-state index contributed by atoms with van der Waals surface area (Å²) in [6.45, 7) is 0. The Morgan fingerprint density at radius 3 is 2.18 bits per heavy atom. The first-order chi connectivity index (χ1) is 15.9. The van der Waals surface area contributed by atoms with Gasteiger partial charge in [-0.3, -0.25) is 14.5 Å². The molecule has 1 fully saturated rings. The number of ether oxygens (including phenoxy) is 2. The van der Waals surface area contributed by atoms with Crippen LogP contribution in [0.1, 0.15) is 17.2 Å². The molecular weight excluding hydrogens is 429 g/mol. The summed E-state index contributed by atoms with van der Waals surface area (Å²) in [5, 5.41) is 21.4. The Bertz CT molecular complexity index is 1260. The summed E-state index contributed by atoms with van der Waals surface area (Å²) in [7, 11) is 2.78. The number of amides is 1. The second-order valence-electron chi connectivity index (χ2n) is 7.28. The molecule has 0 aliphatic carbocycles. The number of ketones is 1. The molecule has 0 spiro atoms. The molecule has 0 aromatic heterocycles. The van der Waals surface area contributed by atoms with E-state index in [0.717, 1.165) is 11.0 Å². The van der Waals surface area contributed by atoms with Crippen LogP contribution in [0.5, 0.6) is 17.2 Å². The third-order valence-electron chi connectivity index (χ3n) is 5.38. The molecular formula is C25H20FNO6. The van der Waals surface area contributed by atoms with Gasteiger partial charge in [0.05, 0.1) is 25.8 Å². The quantitative estimate of drug-likeness (QED) is 0.345. The number of benzene rings is 3. The van der Waals surface area contributed by atoms with Crippen molar-refractivity contribution in [3.63, 3.8) is 0 Å². The lowest BCUT2D eigenvalue weighted by Crippen LogP contribution is -2.29. The van der Waals surface area contributed by atoms with Crippen LogP contribution in [0.15, 0.2) is 72.3 Å². The number of carbonyl (C=O) groups excluding carboxylic acids is 2. The molecule has 0 bridgehead atoms. The topological polar surface area (TPSA) is 96.3 Å². The van der Waals surface area contributed by atoms with E-state index in [-0.39, 0.29) is 34.1 Å². The van der Waals surface area contributed by atoms with Gasteiger partial charge in [-0.1, -0.05) is 24.3 Å². The highest BCUT2D eigenvalue weighted by Gasteiger charge is 2.47. The highest BCUT2D eigenvalue weighted by atomic mass is 19.1. The predicted octanol–water partition coefficient (Wildman–Crippen LogP) is 4.17. The van der Waals surface area contributed by atoms with Crippen molar-refractivity contribution in [1.82, 2.24) is 0 Å². The second kappa shape index (κ2) is 8.66. The molecule has 33 heavy (non-hydrogen) atoms. The van der Waals surface area contributed by atoms with Gasteiger partial charge in [0.1, 0.15) is 34.4 Å². The number of carbonyl (C=O) groups is 2. The SMILES string of the molecule is COc1cccc(OC)c1/C(O)=C1\C(=O)C(=O)N(c2cccc(F)c2)C1c1cccc(O)c1. The molecule has 1 heterocycles. The zero-order valence-electron chi connectivity index (χ0n) is 17.8. The number of halogens is 1. The van der Waals surface area contributed by atoms with Crippen LogP contribution in [0, 0.1) is 5.82 Å².